The van der Waals surface area contributed by atoms with Crippen LogP contribution in [0.3, 0.4) is 0 Å². The molecule has 0 amide bonds. The predicted molar refractivity (Wildman–Crippen MR) is 80.4 cm³/mol. The summed E-state index contributed by atoms with van der Waals surface area (Å²) in [4.78, 5) is 0. The molecule has 1 atom stereocenters. The molecular weight excluding hydrogens is 232 g/mol. The first-order chi connectivity index (χ1) is 9.10. The Kier molecular flexibility index (Phi) is 3.00. The average molecular weight is 254 g/mol. The van der Waals surface area contributed by atoms with Gasteiger partial charge in [-0.15, -0.1) is 0 Å². The fourth-order valence-electron chi connectivity index (χ4n) is 3.10. The second kappa shape index (κ2) is 4.56. The van der Waals surface area contributed by atoms with Crippen LogP contribution in [-0.2, 0) is 6.42 Å². The molecule has 3 rings (SSSR count). The normalized spacial score (nSPS) is 23.5. The zero-order valence-electron chi connectivity index (χ0n) is 12.1. The first kappa shape index (κ1) is 12.5. The van der Waals surface area contributed by atoms with Crippen LogP contribution in [0.2, 0.25) is 0 Å². The van der Waals surface area contributed by atoms with E-state index in [1.807, 2.05) is 0 Å². The van der Waals surface area contributed by atoms with Crippen LogP contribution in [0, 0.1) is 18.8 Å². The van der Waals surface area contributed by atoms with Crippen LogP contribution < -0.4 is 4.74 Å². The van der Waals surface area contributed by atoms with Crippen LogP contribution in [0.4, 0.5) is 0 Å². The number of rotatable bonds is 3. The molecule has 100 valence electrons. The average Bonchev–Trinajstić information content (AvgIpc) is 3.10. The van der Waals surface area contributed by atoms with Gasteiger partial charge in [-0.25, -0.2) is 0 Å². The summed E-state index contributed by atoms with van der Waals surface area (Å²) in [6.45, 7) is 8.49. The Balaban J connectivity index is 2.13. The Morgan fingerprint density at radius 1 is 1.37 bits per heavy atom. The molecular formula is C18H22O. The summed E-state index contributed by atoms with van der Waals surface area (Å²) < 4.78 is 5.58. The van der Waals surface area contributed by atoms with E-state index in [1.54, 1.807) is 7.11 Å². The maximum atomic E-state index is 5.58. The Hall–Kier alpha value is -1.50. The highest BCUT2D eigenvalue weighted by Gasteiger charge is 2.32. The second-order valence-electron chi connectivity index (χ2n) is 6.06. The van der Waals surface area contributed by atoms with Crippen molar-refractivity contribution in [1.29, 1.82) is 0 Å². The van der Waals surface area contributed by atoms with E-state index in [0.717, 1.165) is 18.1 Å². The third-order valence-electron chi connectivity index (χ3n) is 4.30. The van der Waals surface area contributed by atoms with Crippen molar-refractivity contribution in [2.45, 2.75) is 33.1 Å². The number of fused-ring (bicyclic) bond motifs is 1. The number of methoxy groups -OCH3 is 1. The zero-order chi connectivity index (χ0) is 13.6. The number of ether oxygens (including phenoxy) is 1. The molecule has 1 nitrogen and oxygen atoms in total. The summed E-state index contributed by atoms with van der Waals surface area (Å²) in [5.74, 6) is 2.32. The minimum absolute atomic E-state index is 0.478. The Labute approximate surface area is 116 Å². The van der Waals surface area contributed by atoms with Crippen LogP contribution >= 0.6 is 0 Å². The predicted octanol–water partition coefficient (Wildman–Crippen LogP) is 4.55. The minimum Gasteiger partial charge on any atom is -0.496 e. The molecule has 2 aliphatic rings. The van der Waals surface area contributed by atoms with Gasteiger partial charge in [0, 0.05) is 11.5 Å². The highest BCUT2D eigenvalue weighted by Crippen LogP contribution is 2.47. The van der Waals surface area contributed by atoms with E-state index in [2.05, 4.69) is 38.6 Å². The number of hydrogen-bond acceptors (Lipinski definition) is 1. The molecule has 0 saturated heterocycles. The largest absolute Gasteiger partial charge is 0.496 e. The second-order valence-corrected chi connectivity index (χ2v) is 6.06. The molecule has 1 heteroatoms. The lowest BCUT2D eigenvalue weighted by Crippen LogP contribution is -2.00. The summed E-state index contributed by atoms with van der Waals surface area (Å²) in [6.07, 6.45) is 6.24. The molecule has 0 aromatic heterocycles. The fourth-order valence-corrected chi connectivity index (χ4v) is 3.10. The van der Waals surface area contributed by atoms with Gasteiger partial charge in [0.1, 0.15) is 5.75 Å². The van der Waals surface area contributed by atoms with Crippen molar-refractivity contribution >= 4 is 5.57 Å². The van der Waals surface area contributed by atoms with Crippen molar-refractivity contribution in [3.8, 4) is 5.75 Å². The lowest BCUT2D eigenvalue weighted by atomic mass is 9.92. The van der Waals surface area contributed by atoms with Crippen molar-refractivity contribution in [2.24, 2.45) is 11.8 Å². The molecule has 0 spiro atoms. The molecule has 1 aromatic rings. The number of allylic oxidation sites excluding steroid dienone is 3. The van der Waals surface area contributed by atoms with Crippen LogP contribution in [0.25, 0.3) is 5.57 Å². The molecule has 0 bridgehead atoms. The van der Waals surface area contributed by atoms with Crippen LogP contribution in [0.1, 0.15) is 36.5 Å². The van der Waals surface area contributed by atoms with Gasteiger partial charge in [-0.1, -0.05) is 24.3 Å². The lowest BCUT2D eigenvalue weighted by Gasteiger charge is -2.12. The summed E-state index contributed by atoms with van der Waals surface area (Å²) >= 11 is 0. The first-order valence-electron chi connectivity index (χ1n) is 7.15. The van der Waals surface area contributed by atoms with E-state index in [0.29, 0.717) is 5.92 Å². The van der Waals surface area contributed by atoms with Gasteiger partial charge in [0.2, 0.25) is 0 Å². The van der Waals surface area contributed by atoms with Crippen LogP contribution in [0.5, 0.6) is 5.75 Å². The van der Waals surface area contributed by atoms with Crippen molar-refractivity contribution in [3.63, 3.8) is 0 Å². The van der Waals surface area contributed by atoms with Gasteiger partial charge in [-0.3, -0.25) is 0 Å². The van der Waals surface area contributed by atoms with Crippen molar-refractivity contribution in [2.75, 3.05) is 7.11 Å². The zero-order valence-corrected chi connectivity index (χ0v) is 12.1. The molecule has 19 heavy (non-hydrogen) atoms. The van der Waals surface area contributed by atoms with Gasteiger partial charge in [-0.05, 0) is 61.8 Å². The van der Waals surface area contributed by atoms with E-state index in [1.165, 1.54) is 40.7 Å². The molecule has 1 fully saturated rings. The fraction of sp³-hybridized carbons (Fsp3) is 0.444. The monoisotopic (exact) mass is 254 g/mol. The topological polar surface area (TPSA) is 9.23 Å². The minimum atomic E-state index is 0.478. The standard InChI is InChI=1S/C18H22O/c1-11(2)14-10-17-15(16(14)9-13-5-6-13)7-12(3)8-18(17)19-4/h7-9,13-14H,1,5-6,10H2,2-4H3/b16-9-. The third kappa shape index (κ3) is 2.22. The van der Waals surface area contributed by atoms with Crippen molar-refractivity contribution < 1.29 is 4.74 Å². The molecule has 0 N–H and O–H groups in total. The van der Waals surface area contributed by atoms with Crippen molar-refractivity contribution in [3.05, 3.63) is 47.1 Å². The molecule has 1 aromatic carbocycles. The number of hydrogen-bond donors (Lipinski definition) is 0. The molecule has 0 aliphatic heterocycles. The molecule has 1 unspecified atom stereocenters. The summed E-state index contributed by atoms with van der Waals surface area (Å²) in [5, 5.41) is 0. The van der Waals surface area contributed by atoms with Gasteiger partial charge >= 0.3 is 0 Å². The van der Waals surface area contributed by atoms with E-state index in [9.17, 15) is 0 Å². The Morgan fingerprint density at radius 3 is 2.68 bits per heavy atom. The molecule has 2 aliphatic carbocycles. The highest BCUT2D eigenvalue weighted by atomic mass is 16.5. The summed E-state index contributed by atoms with van der Waals surface area (Å²) in [6, 6.07) is 4.46. The van der Waals surface area contributed by atoms with Gasteiger partial charge < -0.3 is 4.74 Å². The quantitative estimate of drug-likeness (QED) is 0.719. The van der Waals surface area contributed by atoms with Gasteiger partial charge in [-0.2, -0.15) is 0 Å². The van der Waals surface area contributed by atoms with E-state index >= 15 is 0 Å². The van der Waals surface area contributed by atoms with Crippen molar-refractivity contribution in [1.82, 2.24) is 0 Å². The molecule has 0 radical (unpaired) electrons. The van der Waals surface area contributed by atoms with Crippen LogP contribution in [-0.4, -0.2) is 7.11 Å². The first-order valence-corrected chi connectivity index (χ1v) is 7.15. The lowest BCUT2D eigenvalue weighted by molar-refractivity contribution is 0.409. The summed E-state index contributed by atoms with van der Waals surface area (Å²) in [5.41, 5.74) is 6.80. The van der Waals surface area contributed by atoms with Gasteiger partial charge in [0.15, 0.2) is 0 Å². The van der Waals surface area contributed by atoms with Crippen LogP contribution in [0.15, 0.2) is 30.4 Å². The third-order valence-corrected chi connectivity index (χ3v) is 4.30. The van der Waals surface area contributed by atoms with Gasteiger partial charge in [0.25, 0.3) is 0 Å². The Bertz CT molecular complexity index is 561. The maximum absolute atomic E-state index is 5.58. The van der Waals surface area contributed by atoms with E-state index in [4.69, 9.17) is 4.74 Å². The SMILES string of the molecule is C=C(C)C1Cc2c(OC)cc(C)cc2/C1=C\C1CC1. The maximum Gasteiger partial charge on any atom is 0.122 e. The number of aryl methyl sites for hydroxylation is 1. The Morgan fingerprint density at radius 2 is 2.11 bits per heavy atom. The van der Waals surface area contributed by atoms with Gasteiger partial charge in [0.05, 0.1) is 7.11 Å². The number of benzene rings is 1. The highest BCUT2D eigenvalue weighted by molar-refractivity contribution is 5.79. The van der Waals surface area contributed by atoms with E-state index < -0.39 is 0 Å². The van der Waals surface area contributed by atoms with E-state index in [-0.39, 0.29) is 0 Å². The molecule has 0 heterocycles. The smallest absolute Gasteiger partial charge is 0.122 e. The summed E-state index contributed by atoms with van der Waals surface area (Å²) in [7, 11) is 1.77. The molecule has 1 saturated carbocycles.